The first-order chi connectivity index (χ1) is 13.1. The van der Waals surface area contributed by atoms with Crippen molar-refractivity contribution < 1.29 is 4.79 Å². The zero-order valence-corrected chi connectivity index (χ0v) is 15.7. The first-order valence-corrected chi connectivity index (χ1v) is 9.47. The summed E-state index contributed by atoms with van der Waals surface area (Å²) in [5.41, 5.74) is 1.82. The van der Waals surface area contributed by atoms with Gasteiger partial charge in [0, 0.05) is 25.3 Å². The molecule has 1 aliphatic heterocycles. The molecule has 1 aliphatic rings. The number of likely N-dealkylation sites (tertiary alicyclic amines) is 1. The second-order valence-corrected chi connectivity index (χ2v) is 7.26. The molecule has 1 saturated heterocycles. The molecule has 3 aromatic heterocycles. The Morgan fingerprint density at radius 3 is 3.15 bits per heavy atom. The SMILES string of the molecule is C#CC(=O)N1CCC[C@@H](Nc2nc(Nc3cc(C)ns3)nn3cccc23)C1. The largest absolute Gasteiger partial charge is 0.364 e. The van der Waals surface area contributed by atoms with Crippen molar-refractivity contribution in [2.45, 2.75) is 25.8 Å². The lowest BCUT2D eigenvalue weighted by atomic mass is 10.1. The Balaban J connectivity index is 1.58. The van der Waals surface area contributed by atoms with Crippen molar-refractivity contribution in [1.29, 1.82) is 0 Å². The van der Waals surface area contributed by atoms with E-state index in [2.05, 4.69) is 31.0 Å². The molecule has 0 bridgehead atoms. The van der Waals surface area contributed by atoms with Gasteiger partial charge in [-0.3, -0.25) is 4.79 Å². The molecule has 138 valence electrons. The number of aromatic nitrogens is 4. The third kappa shape index (κ3) is 3.71. The minimum atomic E-state index is -0.264. The number of carbonyl (C=O) groups is 1. The Morgan fingerprint density at radius 2 is 2.37 bits per heavy atom. The average Bonchev–Trinajstić information content (AvgIpc) is 3.30. The normalized spacial score (nSPS) is 16.9. The molecule has 4 rings (SSSR count). The number of terminal acetylenes is 1. The summed E-state index contributed by atoms with van der Waals surface area (Å²) in [7, 11) is 0. The summed E-state index contributed by atoms with van der Waals surface area (Å²) in [5, 5.41) is 12.0. The van der Waals surface area contributed by atoms with Crippen molar-refractivity contribution in [3.63, 3.8) is 0 Å². The quantitative estimate of drug-likeness (QED) is 0.674. The van der Waals surface area contributed by atoms with Crippen molar-refractivity contribution in [3.8, 4) is 12.3 Å². The van der Waals surface area contributed by atoms with Gasteiger partial charge in [-0.2, -0.15) is 9.36 Å². The number of anilines is 3. The fraction of sp³-hybridized carbons (Fsp3) is 0.333. The maximum Gasteiger partial charge on any atom is 0.298 e. The smallest absolute Gasteiger partial charge is 0.298 e. The first-order valence-electron chi connectivity index (χ1n) is 8.70. The Labute approximate surface area is 160 Å². The maximum atomic E-state index is 11.8. The molecule has 9 heteroatoms. The predicted molar refractivity (Wildman–Crippen MR) is 105 cm³/mol. The molecule has 0 aromatic carbocycles. The van der Waals surface area contributed by atoms with Crippen LogP contribution in [0.3, 0.4) is 0 Å². The van der Waals surface area contributed by atoms with Gasteiger partial charge in [0.2, 0.25) is 5.95 Å². The van der Waals surface area contributed by atoms with E-state index in [4.69, 9.17) is 6.42 Å². The van der Waals surface area contributed by atoms with Crippen LogP contribution in [0.2, 0.25) is 0 Å². The first kappa shape index (κ1) is 17.3. The Morgan fingerprint density at radius 1 is 1.48 bits per heavy atom. The monoisotopic (exact) mass is 381 g/mol. The minimum absolute atomic E-state index is 0.0862. The minimum Gasteiger partial charge on any atom is -0.364 e. The lowest BCUT2D eigenvalue weighted by molar-refractivity contribution is -0.126. The van der Waals surface area contributed by atoms with Crippen LogP contribution in [-0.2, 0) is 4.79 Å². The van der Waals surface area contributed by atoms with E-state index in [0.717, 1.165) is 34.9 Å². The molecule has 0 unspecified atom stereocenters. The molecule has 0 aliphatic carbocycles. The van der Waals surface area contributed by atoms with Gasteiger partial charge in [-0.05, 0) is 55.4 Å². The van der Waals surface area contributed by atoms with E-state index in [-0.39, 0.29) is 11.9 Å². The van der Waals surface area contributed by atoms with Gasteiger partial charge < -0.3 is 15.5 Å². The second-order valence-electron chi connectivity index (χ2n) is 6.46. The van der Waals surface area contributed by atoms with Crippen LogP contribution in [0.15, 0.2) is 24.4 Å². The highest BCUT2D eigenvalue weighted by Crippen LogP contribution is 2.24. The number of amides is 1. The fourth-order valence-electron chi connectivity index (χ4n) is 3.19. The molecule has 0 saturated carbocycles. The lowest BCUT2D eigenvalue weighted by Gasteiger charge is -2.32. The van der Waals surface area contributed by atoms with Gasteiger partial charge in [0.15, 0.2) is 5.82 Å². The van der Waals surface area contributed by atoms with Crippen molar-refractivity contribution in [2.24, 2.45) is 0 Å². The van der Waals surface area contributed by atoms with Gasteiger partial charge >= 0.3 is 0 Å². The third-order valence-corrected chi connectivity index (χ3v) is 5.22. The predicted octanol–water partition coefficient (Wildman–Crippen LogP) is 2.27. The van der Waals surface area contributed by atoms with Crippen LogP contribution in [0, 0.1) is 19.3 Å². The average molecular weight is 381 g/mol. The van der Waals surface area contributed by atoms with Crippen molar-refractivity contribution >= 4 is 39.7 Å². The summed E-state index contributed by atoms with van der Waals surface area (Å²) in [6.07, 6.45) is 8.98. The number of fused-ring (bicyclic) bond motifs is 1. The number of hydrogen-bond acceptors (Lipinski definition) is 7. The summed E-state index contributed by atoms with van der Waals surface area (Å²) < 4.78 is 6.04. The molecule has 4 heterocycles. The number of nitrogens with zero attached hydrogens (tertiary/aromatic N) is 5. The Kier molecular flexibility index (Phi) is 4.64. The molecule has 0 radical (unpaired) electrons. The fourth-order valence-corrected chi connectivity index (χ4v) is 3.85. The number of carbonyl (C=O) groups excluding carboxylic acids is 1. The van der Waals surface area contributed by atoms with Gasteiger partial charge in [-0.1, -0.05) is 0 Å². The number of piperidine rings is 1. The third-order valence-electron chi connectivity index (χ3n) is 4.43. The topological polar surface area (TPSA) is 87.5 Å². The molecule has 2 N–H and O–H groups in total. The van der Waals surface area contributed by atoms with Crippen LogP contribution in [-0.4, -0.2) is 48.9 Å². The summed E-state index contributed by atoms with van der Waals surface area (Å²) >= 11 is 1.37. The summed E-state index contributed by atoms with van der Waals surface area (Å²) in [6, 6.07) is 5.91. The standard InChI is InChI=1S/C18H19N7OS/c1-3-16(26)24-8-4-6-13(11-24)19-17-14-7-5-9-25(14)22-18(21-17)20-15-10-12(2)23-27-15/h1,5,7,9-10,13H,4,6,8,11H2,2H3,(H2,19,20,21,22)/t13-/m1/s1. The van der Waals surface area contributed by atoms with E-state index in [1.165, 1.54) is 11.5 Å². The van der Waals surface area contributed by atoms with Crippen LogP contribution >= 0.6 is 11.5 Å². The van der Waals surface area contributed by atoms with Crippen LogP contribution in [0.5, 0.6) is 0 Å². The highest BCUT2D eigenvalue weighted by molar-refractivity contribution is 7.10. The summed E-state index contributed by atoms with van der Waals surface area (Å²) in [5.74, 6) is 3.14. The molecular weight excluding hydrogens is 362 g/mol. The summed E-state index contributed by atoms with van der Waals surface area (Å²) in [4.78, 5) is 18.2. The van der Waals surface area contributed by atoms with E-state index in [0.29, 0.717) is 19.0 Å². The highest BCUT2D eigenvalue weighted by atomic mass is 32.1. The molecule has 1 atom stereocenters. The molecular formula is C18H19N7OS. The van der Waals surface area contributed by atoms with E-state index in [1.54, 1.807) is 9.42 Å². The number of aryl methyl sites for hydroxylation is 1. The van der Waals surface area contributed by atoms with Gasteiger partial charge in [-0.25, -0.2) is 4.52 Å². The number of rotatable bonds is 4. The van der Waals surface area contributed by atoms with Gasteiger partial charge in [0.1, 0.15) is 10.5 Å². The molecule has 3 aromatic rings. The molecule has 27 heavy (non-hydrogen) atoms. The van der Waals surface area contributed by atoms with Crippen LogP contribution in [0.1, 0.15) is 18.5 Å². The van der Waals surface area contributed by atoms with E-state index in [1.807, 2.05) is 31.3 Å². The second kappa shape index (κ2) is 7.25. The van der Waals surface area contributed by atoms with Crippen molar-refractivity contribution in [2.75, 3.05) is 23.7 Å². The Bertz CT molecular complexity index is 1020. The van der Waals surface area contributed by atoms with Gasteiger partial charge in [0.25, 0.3) is 5.91 Å². The van der Waals surface area contributed by atoms with Crippen LogP contribution in [0.25, 0.3) is 5.52 Å². The molecule has 0 spiro atoms. The molecule has 1 fully saturated rings. The molecule has 8 nitrogen and oxygen atoms in total. The van der Waals surface area contributed by atoms with Crippen LogP contribution < -0.4 is 10.6 Å². The maximum absolute atomic E-state index is 11.8. The van der Waals surface area contributed by atoms with Gasteiger partial charge in [-0.15, -0.1) is 11.5 Å². The van der Waals surface area contributed by atoms with E-state index < -0.39 is 0 Å². The zero-order valence-electron chi connectivity index (χ0n) is 14.8. The van der Waals surface area contributed by atoms with Gasteiger partial charge in [0.05, 0.1) is 5.69 Å². The van der Waals surface area contributed by atoms with Crippen LogP contribution in [0.4, 0.5) is 16.8 Å². The number of nitrogens with one attached hydrogen (secondary N) is 2. The number of hydrogen-bond donors (Lipinski definition) is 2. The van der Waals surface area contributed by atoms with Crippen molar-refractivity contribution in [3.05, 3.63) is 30.1 Å². The van der Waals surface area contributed by atoms with E-state index in [9.17, 15) is 4.79 Å². The van der Waals surface area contributed by atoms with E-state index >= 15 is 0 Å². The Hall–Kier alpha value is -3.12. The summed E-state index contributed by atoms with van der Waals surface area (Å²) in [6.45, 7) is 3.21. The highest BCUT2D eigenvalue weighted by Gasteiger charge is 2.23. The van der Waals surface area contributed by atoms with Crippen molar-refractivity contribution in [1.82, 2.24) is 23.9 Å². The molecule has 1 amide bonds. The lowest BCUT2D eigenvalue weighted by Crippen LogP contribution is -2.44. The zero-order chi connectivity index (χ0) is 18.8.